The van der Waals surface area contributed by atoms with E-state index < -0.39 is 0 Å². The molecular weight excluding hydrogens is 264 g/mol. The van der Waals surface area contributed by atoms with Crippen LogP contribution in [0.5, 0.6) is 0 Å². The van der Waals surface area contributed by atoms with Gasteiger partial charge in [-0.05, 0) is 25.3 Å². The van der Waals surface area contributed by atoms with Gasteiger partial charge in [-0.15, -0.1) is 0 Å². The third kappa shape index (κ3) is 5.09. The zero-order valence-corrected chi connectivity index (χ0v) is 13.7. The summed E-state index contributed by atoms with van der Waals surface area (Å²) in [4.78, 5) is 5.05. The highest BCUT2D eigenvalue weighted by molar-refractivity contribution is 5.04. The lowest BCUT2D eigenvalue weighted by molar-refractivity contribution is 0.0524. The van der Waals surface area contributed by atoms with Crippen LogP contribution in [-0.2, 0) is 13.6 Å². The highest BCUT2D eigenvalue weighted by Crippen LogP contribution is 2.17. The molecule has 21 heavy (non-hydrogen) atoms. The van der Waals surface area contributed by atoms with Crippen molar-refractivity contribution in [3.05, 3.63) is 18.0 Å². The van der Waals surface area contributed by atoms with E-state index in [0.29, 0.717) is 6.04 Å². The summed E-state index contributed by atoms with van der Waals surface area (Å²) in [5.41, 5.74) is 1.27. The number of piperazine rings is 1. The second-order valence-electron chi connectivity index (χ2n) is 6.64. The predicted octanol–water partition coefficient (Wildman–Crippen LogP) is 1.33. The van der Waals surface area contributed by atoms with Gasteiger partial charge >= 0.3 is 0 Å². The minimum Gasteiger partial charge on any atom is -0.396 e. The van der Waals surface area contributed by atoms with Crippen molar-refractivity contribution in [1.82, 2.24) is 19.6 Å². The van der Waals surface area contributed by atoms with Gasteiger partial charge in [-0.25, -0.2) is 0 Å². The number of aromatic nitrogens is 2. The molecule has 0 saturated carbocycles. The van der Waals surface area contributed by atoms with Crippen LogP contribution in [0.1, 0.15) is 32.3 Å². The van der Waals surface area contributed by atoms with Gasteiger partial charge in [0.05, 0.1) is 6.20 Å². The van der Waals surface area contributed by atoms with Gasteiger partial charge in [-0.2, -0.15) is 5.10 Å². The lowest BCUT2D eigenvalue weighted by Gasteiger charge is -2.41. The molecule has 1 aromatic rings. The average Bonchev–Trinajstić information content (AvgIpc) is 2.83. The second kappa shape index (κ2) is 7.92. The van der Waals surface area contributed by atoms with E-state index in [2.05, 4.69) is 34.9 Å². The first-order valence-electron chi connectivity index (χ1n) is 8.13. The van der Waals surface area contributed by atoms with E-state index in [1.807, 2.05) is 17.9 Å². The van der Waals surface area contributed by atoms with Crippen molar-refractivity contribution in [2.24, 2.45) is 13.0 Å². The smallest absolute Gasteiger partial charge is 0.0534 e. The first-order valence-corrected chi connectivity index (χ1v) is 8.13. The monoisotopic (exact) mass is 294 g/mol. The molecule has 1 fully saturated rings. The van der Waals surface area contributed by atoms with Crippen molar-refractivity contribution >= 4 is 0 Å². The molecule has 1 aromatic heterocycles. The summed E-state index contributed by atoms with van der Waals surface area (Å²) in [6, 6.07) is 0.485. The van der Waals surface area contributed by atoms with Crippen LogP contribution in [0.25, 0.3) is 0 Å². The molecule has 0 bridgehead atoms. The van der Waals surface area contributed by atoms with Crippen LogP contribution in [-0.4, -0.2) is 63.5 Å². The van der Waals surface area contributed by atoms with E-state index in [-0.39, 0.29) is 6.61 Å². The summed E-state index contributed by atoms with van der Waals surface area (Å²) in [6.07, 6.45) is 6.16. The van der Waals surface area contributed by atoms with Crippen molar-refractivity contribution in [3.8, 4) is 0 Å². The summed E-state index contributed by atoms with van der Waals surface area (Å²) < 4.78 is 1.86. The topological polar surface area (TPSA) is 44.5 Å². The largest absolute Gasteiger partial charge is 0.396 e. The van der Waals surface area contributed by atoms with Crippen molar-refractivity contribution in [2.75, 3.05) is 32.8 Å². The Labute approximate surface area is 128 Å². The number of aryl methyl sites for hydroxylation is 1. The molecule has 0 amide bonds. The lowest BCUT2D eigenvalue weighted by atomic mass is 10.1. The van der Waals surface area contributed by atoms with Crippen LogP contribution in [0.3, 0.4) is 0 Å². The molecule has 0 radical (unpaired) electrons. The van der Waals surface area contributed by atoms with Crippen LogP contribution in [0.2, 0.25) is 0 Å². The first-order chi connectivity index (χ1) is 10.1. The molecule has 1 aliphatic heterocycles. The Morgan fingerprint density at radius 3 is 2.81 bits per heavy atom. The molecule has 1 atom stereocenters. The van der Waals surface area contributed by atoms with E-state index in [0.717, 1.165) is 45.1 Å². The predicted molar refractivity (Wildman–Crippen MR) is 85.0 cm³/mol. The van der Waals surface area contributed by atoms with Crippen LogP contribution in [0, 0.1) is 5.92 Å². The maximum Gasteiger partial charge on any atom is 0.0534 e. The Kier molecular flexibility index (Phi) is 6.21. The fourth-order valence-electron chi connectivity index (χ4n) is 3.05. The molecule has 5 nitrogen and oxygen atoms in total. The van der Waals surface area contributed by atoms with Crippen LogP contribution >= 0.6 is 0 Å². The Hall–Kier alpha value is -0.910. The maximum atomic E-state index is 9.33. The van der Waals surface area contributed by atoms with Gasteiger partial charge in [-0.3, -0.25) is 14.5 Å². The Morgan fingerprint density at radius 2 is 2.19 bits per heavy atom. The summed E-state index contributed by atoms with van der Waals surface area (Å²) in [5.74, 6) is 0.744. The highest BCUT2D eigenvalue weighted by atomic mass is 16.3. The summed E-state index contributed by atoms with van der Waals surface area (Å²) in [5, 5.41) is 13.6. The molecule has 1 unspecified atom stereocenters. The highest BCUT2D eigenvalue weighted by Gasteiger charge is 2.26. The SMILES string of the molecule is CC(C)CCN1CCN(Cc2cnn(C)c2)CC1CCO. The van der Waals surface area contributed by atoms with Gasteiger partial charge in [0.2, 0.25) is 0 Å². The van der Waals surface area contributed by atoms with Crippen LogP contribution < -0.4 is 0 Å². The Morgan fingerprint density at radius 1 is 1.38 bits per heavy atom. The zero-order valence-electron chi connectivity index (χ0n) is 13.7. The zero-order chi connectivity index (χ0) is 15.2. The van der Waals surface area contributed by atoms with E-state index in [9.17, 15) is 5.11 Å². The number of aliphatic hydroxyl groups is 1. The molecule has 2 rings (SSSR count). The van der Waals surface area contributed by atoms with Gasteiger partial charge in [0, 0.05) is 57.6 Å². The van der Waals surface area contributed by atoms with Crippen molar-refractivity contribution in [3.63, 3.8) is 0 Å². The maximum absolute atomic E-state index is 9.33. The van der Waals surface area contributed by atoms with E-state index >= 15 is 0 Å². The molecule has 0 spiro atoms. The summed E-state index contributed by atoms with van der Waals surface area (Å²) >= 11 is 0. The van der Waals surface area contributed by atoms with E-state index in [1.165, 1.54) is 12.0 Å². The Balaban J connectivity index is 1.87. The first kappa shape index (κ1) is 16.5. The number of nitrogens with zero attached hydrogens (tertiary/aromatic N) is 4. The molecule has 1 N–H and O–H groups in total. The molecule has 2 heterocycles. The molecular formula is C16H30N4O. The Bertz CT molecular complexity index is 418. The molecule has 120 valence electrons. The molecule has 1 saturated heterocycles. The third-order valence-corrected chi connectivity index (χ3v) is 4.31. The molecule has 5 heteroatoms. The lowest BCUT2D eigenvalue weighted by Crippen LogP contribution is -2.53. The van der Waals surface area contributed by atoms with E-state index in [4.69, 9.17) is 0 Å². The standard InChI is InChI=1S/C16H30N4O/c1-14(2)4-6-20-8-7-19(13-16(20)5-9-21)12-15-10-17-18(3)11-15/h10-11,14,16,21H,4-9,12-13H2,1-3H3. The van der Waals surface area contributed by atoms with Gasteiger partial charge in [0.15, 0.2) is 0 Å². The molecule has 1 aliphatic rings. The van der Waals surface area contributed by atoms with E-state index in [1.54, 1.807) is 0 Å². The number of hydrogen-bond donors (Lipinski definition) is 1. The van der Waals surface area contributed by atoms with Gasteiger partial charge in [-0.1, -0.05) is 13.8 Å². The third-order valence-electron chi connectivity index (χ3n) is 4.31. The quantitative estimate of drug-likeness (QED) is 0.824. The van der Waals surface area contributed by atoms with Gasteiger partial charge in [0.1, 0.15) is 0 Å². The fourth-order valence-corrected chi connectivity index (χ4v) is 3.05. The van der Waals surface area contributed by atoms with Gasteiger partial charge in [0.25, 0.3) is 0 Å². The van der Waals surface area contributed by atoms with Crippen molar-refractivity contribution in [2.45, 2.75) is 39.3 Å². The second-order valence-corrected chi connectivity index (χ2v) is 6.64. The minimum atomic E-state index is 0.281. The number of aliphatic hydroxyl groups excluding tert-OH is 1. The van der Waals surface area contributed by atoms with Crippen LogP contribution in [0.4, 0.5) is 0 Å². The van der Waals surface area contributed by atoms with Crippen LogP contribution in [0.15, 0.2) is 12.4 Å². The van der Waals surface area contributed by atoms with Gasteiger partial charge < -0.3 is 5.11 Å². The fraction of sp³-hybridized carbons (Fsp3) is 0.812. The van der Waals surface area contributed by atoms with Crippen molar-refractivity contribution in [1.29, 1.82) is 0 Å². The minimum absolute atomic E-state index is 0.281. The molecule has 0 aromatic carbocycles. The number of rotatable bonds is 7. The number of hydrogen-bond acceptors (Lipinski definition) is 4. The summed E-state index contributed by atoms with van der Waals surface area (Å²) in [7, 11) is 1.96. The van der Waals surface area contributed by atoms with Crippen molar-refractivity contribution < 1.29 is 5.11 Å². The average molecular weight is 294 g/mol. The molecule has 0 aliphatic carbocycles. The summed E-state index contributed by atoms with van der Waals surface area (Å²) in [6.45, 7) is 10.2. The normalized spacial score (nSPS) is 21.3.